The summed E-state index contributed by atoms with van der Waals surface area (Å²) in [5, 5.41) is 5.91. The number of carbonyl (C=O) groups excluding carboxylic acids is 2. The number of carbonyl (C=O) groups is 2. The Morgan fingerprint density at radius 2 is 2.00 bits per heavy atom. The Hall–Kier alpha value is -1.92. The molecule has 0 saturated carbocycles. The van der Waals surface area contributed by atoms with Crippen molar-refractivity contribution in [3.63, 3.8) is 0 Å². The summed E-state index contributed by atoms with van der Waals surface area (Å²) >= 11 is 0. The minimum absolute atomic E-state index is 0.0212. The molecule has 6 nitrogen and oxygen atoms in total. The molecular formula is C17H25N3O3. The summed E-state index contributed by atoms with van der Waals surface area (Å²) in [5.74, 6) is -0.219. The van der Waals surface area contributed by atoms with Crippen molar-refractivity contribution in [2.75, 3.05) is 45.2 Å². The maximum Gasteiger partial charge on any atom is 0.254 e. The van der Waals surface area contributed by atoms with Gasteiger partial charge in [-0.25, -0.2) is 0 Å². The van der Waals surface area contributed by atoms with Gasteiger partial charge in [-0.3, -0.25) is 9.59 Å². The quantitative estimate of drug-likeness (QED) is 0.857. The zero-order chi connectivity index (χ0) is 16.8. The van der Waals surface area contributed by atoms with Gasteiger partial charge in [-0.15, -0.1) is 0 Å². The highest BCUT2D eigenvalue weighted by Gasteiger charge is 2.20. The van der Waals surface area contributed by atoms with Crippen LogP contribution in [0.25, 0.3) is 0 Å². The summed E-state index contributed by atoms with van der Waals surface area (Å²) in [6, 6.07) is 5.43. The van der Waals surface area contributed by atoms with Crippen LogP contribution in [0.15, 0.2) is 18.2 Å². The fraction of sp³-hybridized carbons (Fsp3) is 0.529. The minimum atomic E-state index is -0.141. The third kappa shape index (κ3) is 4.53. The Kier molecular flexibility index (Phi) is 6.12. The maximum atomic E-state index is 12.5. The number of benzene rings is 1. The van der Waals surface area contributed by atoms with E-state index in [2.05, 4.69) is 10.6 Å². The van der Waals surface area contributed by atoms with Gasteiger partial charge >= 0.3 is 0 Å². The number of nitrogens with zero attached hydrogens (tertiary/aromatic N) is 1. The number of rotatable bonds is 5. The lowest BCUT2D eigenvalue weighted by Gasteiger charge is -2.27. The fourth-order valence-corrected chi connectivity index (χ4v) is 2.49. The summed E-state index contributed by atoms with van der Waals surface area (Å²) in [5.41, 5.74) is 2.22. The van der Waals surface area contributed by atoms with E-state index in [-0.39, 0.29) is 17.7 Å². The van der Waals surface area contributed by atoms with Crippen molar-refractivity contribution >= 4 is 17.5 Å². The van der Waals surface area contributed by atoms with Crippen LogP contribution in [0.5, 0.6) is 0 Å². The minimum Gasteiger partial charge on any atom is -0.378 e. The van der Waals surface area contributed by atoms with Crippen molar-refractivity contribution in [1.29, 1.82) is 0 Å². The van der Waals surface area contributed by atoms with Crippen LogP contribution in [0.4, 0.5) is 5.69 Å². The molecule has 0 spiro atoms. The van der Waals surface area contributed by atoms with E-state index in [4.69, 9.17) is 4.74 Å². The SMILES string of the molecule is CNCC(C)C(=O)Nc1cc(C(=O)N2CCOCC2)ccc1C. The highest BCUT2D eigenvalue weighted by molar-refractivity contribution is 5.98. The van der Waals surface area contributed by atoms with Crippen molar-refractivity contribution in [2.45, 2.75) is 13.8 Å². The topological polar surface area (TPSA) is 70.7 Å². The monoisotopic (exact) mass is 319 g/mol. The molecule has 1 saturated heterocycles. The number of aryl methyl sites for hydroxylation is 1. The number of hydrogen-bond donors (Lipinski definition) is 2. The lowest BCUT2D eigenvalue weighted by molar-refractivity contribution is -0.119. The van der Waals surface area contributed by atoms with Crippen LogP contribution in [0.1, 0.15) is 22.8 Å². The Morgan fingerprint density at radius 3 is 2.65 bits per heavy atom. The number of morpholine rings is 1. The van der Waals surface area contributed by atoms with E-state index in [1.807, 2.05) is 27.0 Å². The third-order valence-corrected chi connectivity index (χ3v) is 4.00. The van der Waals surface area contributed by atoms with Gasteiger partial charge in [0.25, 0.3) is 5.91 Å². The van der Waals surface area contributed by atoms with Gasteiger partial charge in [-0.2, -0.15) is 0 Å². The molecule has 2 amide bonds. The van der Waals surface area contributed by atoms with Crippen LogP contribution in [-0.4, -0.2) is 56.6 Å². The van der Waals surface area contributed by atoms with Gasteiger partial charge in [0, 0.05) is 36.8 Å². The van der Waals surface area contributed by atoms with Gasteiger partial charge in [0.05, 0.1) is 13.2 Å². The summed E-state index contributed by atoms with van der Waals surface area (Å²) in [6.45, 7) is 6.75. The van der Waals surface area contributed by atoms with E-state index >= 15 is 0 Å². The molecule has 1 atom stereocenters. The van der Waals surface area contributed by atoms with Crippen molar-refractivity contribution in [3.8, 4) is 0 Å². The maximum absolute atomic E-state index is 12.5. The summed E-state index contributed by atoms with van der Waals surface area (Å²) < 4.78 is 5.27. The zero-order valence-electron chi connectivity index (χ0n) is 14.0. The van der Waals surface area contributed by atoms with E-state index < -0.39 is 0 Å². The van der Waals surface area contributed by atoms with E-state index in [1.54, 1.807) is 17.0 Å². The predicted octanol–water partition coefficient (Wildman–Crippen LogP) is 1.26. The summed E-state index contributed by atoms with van der Waals surface area (Å²) in [6.07, 6.45) is 0. The molecule has 1 aromatic rings. The average Bonchev–Trinajstić information content (AvgIpc) is 2.57. The first-order chi connectivity index (χ1) is 11.0. The van der Waals surface area contributed by atoms with Crippen LogP contribution in [0, 0.1) is 12.8 Å². The molecule has 2 rings (SSSR count). The normalized spacial score (nSPS) is 16.0. The second-order valence-corrected chi connectivity index (χ2v) is 5.88. The largest absolute Gasteiger partial charge is 0.378 e. The molecule has 1 unspecified atom stereocenters. The average molecular weight is 319 g/mol. The van der Waals surface area contributed by atoms with Gasteiger partial charge in [0.1, 0.15) is 0 Å². The molecule has 0 aliphatic carbocycles. The number of nitrogens with one attached hydrogen (secondary N) is 2. The second kappa shape index (κ2) is 8.08. The smallest absolute Gasteiger partial charge is 0.254 e. The molecule has 6 heteroatoms. The molecule has 1 heterocycles. The van der Waals surface area contributed by atoms with E-state index in [9.17, 15) is 9.59 Å². The Labute approximate surface area is 137 Å². The van der Waals surface area contributed by atoms with E-state index in [0.717, 1.165) is 5.56 Å². The lowest BCUT2D eigenvalue weighted by Crippen LogP contribution is -2.40. The number of hydrogen-bond acceptors (Lipinski definition) is 4. The molecule has 0 aromatic heterocycles. The molecule has 1 aliphatic rings. The standard InChI is InChI=1S/C17H25N3O3/c1-12-4-5-14(17(22)20-6-8-23-9-7-20)10-15(12)19-16(21)13(2)11-18-3/h4-5,10,13,18H,6-9,11H2,1-3H3,(H,19,21). The van der Waals surface area contributed by atoms with Crippen molar-refractivity contribution in [3.05, 3.63) is 29.3 Å². The highest BCUT2D eigenvalue weighted by Crippen LogP contribution is 2.19. The Morgan fingerprint density at radius 1 is 1.30 bits per heavy atom. The third-order valence-electron chi connectivity index (χ3n) is 4.00. The summed E-state index contributed by atoms with van der Waals surface area (Å²) in [7, 11) is 1.82. The van der Waals surface area contributed by atoms with Gasteiger partial charge in [0.15, 0.2) is 0 Å². The molecule has 1 fully saturated rings. The van der Waals surface area contributed by atoms with E-state index in [1.165, 1.54) is 0 Å². The van der Waals surface area contributed by atoms with Gasteiger partial charge in [0.2, 0.25) is 5.91 Å². The molecule has 23 heavy (non-hydrogen) atoms. The van der Waals surface area contributed by atoms with Gasteiger partial charge in [-0.05, 0) is 31.7 Å². The molecule has 1 aliphatic heterocycles. The molecule has 0 bridgehead atoms. The van der Waals surface area contributed by atoms with Crippen LogP contribution in [0.2, 0.25) is 0 Å². The van der Waals surface area contributed by atoms with Crippen LogP contribution in [-0.2, 0) is 9.53 Å². The molecule has 2 N–H and O–H groups in total. The molecule has 1 aromatic carbocycles. The molecule has 0 radical (unpaired) electrons. The van der Waals surface area contributed by atoms with Crippen LogP contribution >= 0.6 is 0 Å². The van der Waals surface area contributed by atoms with Crippen molar-refractivity contribution < 1.29 is 14.3 Å². The molecule has 126 valence electrons. The van der Waals surface area contributed by atoms with Crippen LogP contribution < -0.4 is 10.6 Å². The fourth-order valence-electron chi connectivity index (χ4n) is 2.49. The lowest BCUT2D eigenvalue weighted by atomic mass is 10.1. The number of ether oxygens (including phenoxy) is 1. The highest BCUT2D eigenvalue weighted by atomic mass is 16.5. The zero-order valence-corrected chi connectivity index (χ0v) is 14.0. The van der Waals surface area contributed by atoms with Gasteiger partial charge in [-0.1, -0.05) is 13.0 Å². The number of amides is 2. The molecular weight excluding hydrogens is 294 g/mol. The predicted molar refractivity (Wildman–Crippen MR) is 89.6 cm³/mol. The van der Waals surface area contributed by atoms with Crippen LogP contribution in [0.3, 0.4) is 0 Å². The second-order valence-electron chi connectivity index (χ2n) is 5.88. The first kappa shape index (κ1) is 17.4. The van der Waals surface area contributed by atoms with Crippen molar-refractivity contribution in [2.24, 2.45) is 5.92 Å². The van der Waals surface area contributed by atoms with Gasteiger partial charge < -0.3 is 20.3 Å². The van der Waals surface area contributed by atoms with E-state index in [0.29, 0.717) is 44.1 Å². The Bertz CT molecular complexity index is 568. The number of anilines is 1. The first-order valence-electron chi connectivity index (χ1n) is 7.96. The Balaban J connectivity index is 2.11. The first-order valence-corrected chi connectivity index (χ1v) is 7.96. The summed E-state index contributed by atoms with van der Waals surface area (Å²) in [4.78, 5) is 26.5. The van der Waals surface area contributed by atoms with Crippen molar-refractivity contribution in [1.82, 2.24) is 10.2 Å².